The number of piperazine rings is 1. The molecule has 1 atom stereocenters. The minimum absolute atomic E-state index is 0.422. The van der Waals surface area contributed by atoms with Gasteiger partial charge in [0.15, 0.2) is 0 Å². The average molecular weight is 266 g/mol. The first-order chi connectivity index (χ1) is 9.77. The van der Waals surface area contributed by atoms with E-state index < -0.39 is 0 Å². The molecule has 2 nitrogen and oxygen atoms in total. The Labute approximate surface area is 121 Å². The van der Waals surface area contributed by atoms with Crippen LogP contribution in [0.25, 0.3) is 0 Å². The van der Waals surface area contributed by atoms with E-state index in [4.69, 9.17) is 0 Å². The number of rotatable bonds is 2. The zero-order valence-corrected chi connectivity index (χ0v) is 12.3. The molecule has 3 rings (SSSR count). The van der Waals surface area contributed by atoms with Crippen LogP contribution in [0.2, 0.25) is 0 Å². The number of hydrogen-bond donors (Lipinski definition) is 1. The summed E-state index contributed by atoms with van der Waals surface area (Å²) in [5.41, 5.74) is 5.53. The molecule has 104 valence electrons. The van der Waals surface area contributed by atoms with Crippen molar-refractivity contribution in [3.8, 4) is 0 Å². The van der Waals surface area contributed by atoms with Crippen molar-refractivity contribution in [2.45, 2.75) is 19.9 Å². The Balaban J connectivity index is 1.99. The highest BCUT2D eigenvalue weighted by molar-refractivity contribution is 5.58. The molecule has 20 heavy (non-hydrogen) atoms. The van der Waals surface area contributed by atoms with Gasteiger partial charge < -0.3 is 10.2 Å². The molecule has 0 aromatic heterocycles. The largest absolute Gasteiger partial charge is 0.362 e. The van der Waals surface area contributed by atoms with Crippen LogP contribution in [0.4, 0.5) is 5.69 Å². The molecule has 2 heteroatoms. The van der Waals surface area contributed by atoms with Crippen molar-refractivity contribution in [1.29, 1.82) is 0 Å². The molecule has 0 spiro atoms. The van der Waals surface area contributed by atoms with Crippen LogP contribution in [0, 0.1) is 13.8 Å². The first kappa shape index (κ1) is 13.2. The lowest BCUT2D eigenvalue weighted by Gasteiger charge is -2.39. The second-order valence-electron chi connectivity index (χ2n) is 5.54. The topological polar surface area (TPSA) is 15.3 Å². The molecule has 1 heterocycles. The van der Waals surface area contributed by atoms with Crippen LogP contribution in [0.1, 0.15) is 22.7 Å². The molecule has 1 fully saturated rings. The third-order valence-electron chi connectivity index (χ3n) is 4.31. The van der Waals surface area contributed by atoms with Gasteiger partial charge in [-0.2, -0.15) is 0 Å². The average Bonchev–Trinajstić information content (AvgIpc) is 2.51. The molecule has 0 saturated carbocycles. The maximum Gasteiger partial charge on any atom is 0.0667 e. The molecular weight excluding hydrogens is 244 g/mol. The van der Waals surface area contributed by atoms with E-state index in [1.165, 1.54) is 22.4 Å². The lowest BCUT2D eigenvalue weighted by Crippen LogP contribution is -2.46. The minimum atomic E-state index is 0.422. The zero-order valence-electron chi connectivity index (χ0n) is 12.3. The third kappa shape index (κ3) is 2.44. The quantitative estimate of drug-likeness (QED) is 0.895. The van der Waals surface area contributed by atoms with Crippen molar-refractivity contribution >= 4 is 5.69 Å². The van der Waals surface area contributed by atoms with Gasteiger partial charge in [-0.15, -0.1) is 0 Å². The van der Waals surface area contributed by atoms with Gasteiger partial charge in [-0.1, -0.05) is 42.5 Å². The second kappa shape index (κ2) is 5.68. The van der Waals surface area contributed by atoms with Crippen LogP contribution in [0.15, 0.2) is 48.5 Å². The summed E-state index contributed by atoms with van der Waals surface area (Å²) in [5.74, 6) is 0. The molecule has 1 N–H and O–H groups in total. The zero-order chi connectivity index (χ0) is 13.9. The van der Waals surface area contributed by atoms with Crippen LogP contribution in [0.3, 0.4) is 0 Å². The van der Waals surface area contributed by atoms with Crippen LogP contribution >= 0.6 is 0 Å². The standard InChI is InChI=1S/C18H22N2/c1-14-7-6-10-17(15(14)2)20-12-11-19-13-18(20)16-8-4-3-5-9-16/h3-10,18-19H,11-13H2,1-2H3. The lowest BCUT2D eigenvalue weighted by molar-refractivity contribution is 0.489. The number of hydrogen-bond acceptors (Lipinski definition) is 2. The van der Waals surface area contributed by atoms with Gasteiger partial charge in [-0.05, 0) is 36.6 Å². The van der Waals surface area contributed by atoms with Crippen LogP contribution in [0.5, 0.6) is 0 Å². The molecule has 1 aliphatic heterocycles. The molecule has 0 radical (unpaired) electrons. The monoisotopic (exact) mass is 266 g/mol. The van der Waals surface area contributed by atoms with E-state index in [0.717, 1.165) is 19.6 Å². The van der Waals surface area contributed by atoms with Gasteiger partial charge in [0.1, 0.15) is 0 Å². The number of nitrogens with zero attached hydrogens (tertiary/aromatic N) is 1. The SMILES string of the molecule is Cc1cccc(N2CCNCC2c2ccccc2)c1C. The molecule has 2 aromatic carbocycles. The van der Waals surface area contributed by atoms with Gasteiger partial charge >= 0.3 is 0 Å². The maximum atomic E-state index is 3.53. The van der Waals surface area contributed by atoms with Gasteiger partial charge in [-0.3, -0.25) is 0 Å². The smallest absolute Gasteiger partial charge is 0.0667 e. The summed E-state index contributed by atoms with van der Waals surface area (Å²) >= 11 is 0. The highest BCUT2D eigenvalue weighted by Crippen LogP contribution is 2.31. The van der Waals surface area contributed by atoms with Crippen molar-refractivity contribution < 1.29 is 0 Å². The van der Waals surface area contributed by atoms with Crippen molar-refractivity contribution in [2.75, 3.05) is 24.5 Å². The van der Waals surface area contributed by atoms with E-state index in [0.29, 0.717) is 6.04 Å². The fraction of sp³-hybridized carbons (Fsp3) is 0.333. The molecule has 2 aromatic rings. The third-order valence-corrected chi connectivity index (χ3v) is 4.31. The molecule has 1 aliphatic rings. The van der Waals surface area contributed by atoms with E-state index in [9.17, 15) is 0 Å². The van der Waals surface area contributed by atoms with E-state index in [2.05, 4.69) is 72.6 Å². The summed E-state index contributed by atoms with van der Waals surface area (Å²) in [6, 6.07) is 17.8. The fourth-order valence-corrected chi connectivity index (χ4v) is 3.01. The Hall–Kier alpha value is -1.80. The van der Waals surface area contributed by atoms with Gasteiger partial charge in [0.25, 0.3) is 0 Å². The maximum absolute atomic E-state index is 3.53. The fourth-order valence-electron chi connectivity index (χ4n) is 3.01. The number of nitrogens with one attached hydrogen (secondary N) is 1. The van der Waals surface area contributed by atoms with E-state index >= 15 is 0 Å². The lowest BCUT2D eigenvalue weighted by atomic mass is 10.00. The minimum Gasteiger partial charge on any atom is -0.362 e. The van der Waals surface area contributed by atoms with E-state index in [-0.39, 0.29) is 0 Å². The van der Waals surface area contributed by atoms with Crippen LogP contribution < -0.4 is 10.2 Å². The number of benzene rings is 2. The molecule has 0 bridgehead atoms. The van der Waals surface area contributed by atoms with Crippen molar-refractivity contribution in [3.05, 3.63) is 65.2 Å². The summed E-state index contributed by atoms with van der Waals surface area (Å²) in [5, 5.41) is 3.53. The Kier molecular flexibility index (Phi) is 3.75. The molecule has 1 saturated heterocycles. The van der Waals surface area contributed by atoms with Crippen LogP contribution in [-0.4, -0.2) is 19.6 Å². The summed E-state index contributed by atoms with van der Waals surface area (Å²) in [4.78, 5) is 2.55. The van der Waals surface area contributed by atoms with Crippen molar-refractivity contribution in [1.82, 2.24) is 5.32 Å². The first-order valence-corrected chi connectivity index (χ1v) is 7.36. The summed E-state index contributed by atoms with van der Waals surface area (Å²) in [6.45, 7) is 7.55. The van der Waals surface area contributed by atoms with Gasteiger partial charge in [-0.25, -0.2) is 0 Å². The predicted octanol–water partition coefficient (Wildman–Crippen LogP) is 3.45. The highest BCUT2D eigenvalue weighted by Gasteiger charge is 2.24. The molecule has 0 amide bonds. The van der Waals surface area contributed by atoms with E-state index in [1.54, 1.807) is 0 Å². The first-order valence-electron chi connectivity index (χ1n) is 7.36. The number of aryl methyl sites for hydroxylation is 1. The molecular formula is C18H22N2. The number of anilines is 1. The summed E-state index contributed by atoms with van der Waals surface area (Å²) < 4.78 is 0. The van der Waals surface area contributed by atoms with Gasteiger partial charge in [0.05, 0.1) is 6.04 Å². The Bertz CT molecular complexity index is 577. The van der Waals surface area contributed by atoms with Crippen molar-refractivity contribution in [2.24, 2.45) is 0 Å². The highest BCUT2D eigenvalue weighted by atomic mass is 15.2. The van der Waals surface area contributed by atoms with Gasteiger partial charge in [0, 0.05) is 25.3 Å². The van der Waals surface area contributed by atoms with Crippen LogP contribution in [-0.2, 0) is 0 Å². The Morgan fingerprint density at radius 3 is 2.60 bits per heavy atom. The molecule has 0 aliphatic carbocycles. The Morgan fingerprint density at radius 1 is 1.00 bits per heavy atom. The summed E-state index contributed by atoms with van der Waals surface area (Å²) in [7, 11) is 0. The predicted molar refractivity (Wildman–Crippen MR) is 85.3 cm³/mol. The Morgan fingerprint density at radius 2 is 1.80 bits per heavy atom. The molecule has 1 unspecified atom stereocenters. The van der Waals surface area contributed by atoms with E-state index in [1.807, 2.05) is 0 Å². The van der Waals surface area contributed by atoms with Gasteiger partial charge in [0.2, 0.25) is 0 Å². The van der Waals surface area contributed by atoms with Crippen molar-refractivity contribution in [3.63, 3.8) is 0 Å². The normalized spacial score (nSPS) is 19.1. The second-order valence-corrected chi connectivity index (χ2v) is 5.54. The summed E-state index contributed by atoms with van der Waals surface area (Å²) in [6.07, 6.45) is 0.